The maximum atomic E-state index is 11.3. The van der Waals surface area contributed by atoms with Crippen molar-refractivity contribution in [3.05, 3.63) is 0 Å². The Hall–Kier alpha value is -0.220. The highest BCUT2D eigenvalue weighted by atomic mass is 32.2. The molecule has 3 nitrogen and oxygen atoms in total. The van der Waals surface area contributed by atoms with E-state index in [9.17, 15) is 9.90 Å². The van der Waals surface area contributed by atoms with E-state index in [1.54, 1.807) is 6.92 Å². The van der Waals surface area contributed by atoms with Crippen LogP contribution < -0.4 is 5.32 Å². The van der Waals surface area contributed by atoms with Crippen molar-refractivity contribution in [1.82, 2.24) is 5.32 Å². The molecule has 0 saturated heterocycles. The summed E-state index contributed by atoms with van der Waals surface area (Å²) in [6.07, 6.45) is 2.94. The molecule has 1 saturated carbocycles. The van der Waals surface area contributed by atoms with Crippen molar-refractivity contribution in [2.24, 2.45) is 0 Å². The van der Waals surface area contributed by atoms with E-state index in [1.807, 2.05) is 11.8 Å². The smallest absolute Gasteiger partial charge is 0.323 e. The molecule has 0 bridgehead atoms. The van der Waals surface area contributed by atoms with Crippen molar-refractivity contribution < 1.29 is 9.90 Å². The second-order valence-electron chi connectivity index (χ2n) is 4.53. The number of hydrogen-bond acceptors (Lipinski definition) is 3. The zero-order valence-corrected chi connectivity index (χ0v) is 10.6. The molecule has 88 valence electrons. The van der Waals surface area contributed by atoms with Crippen LogP contribution in [0.25, 0.3) is 0 Å². The van der Waals surface area contributed by atoms with E-state index < -0.39 is 11.5 Å². The van der Waals surface area contributed by atoms with E-state index in [2.05, 4.69) is 19.2 Å². The molecule has 2 atom stereocenters. The van der Waals surface area contributed by atoms with Gasteiger partial charge in [-0.3, -0.25) is 10.1 Å². The topological polar surface area (TPSA) is 49.3 Å². The fraction of sp³-hybridized carbons (Fsp3) is 0.909. The highest BCUT2D eigenvalue weighted by molar-refractivity contribution is 7.99. The van der Waals surface area contributed by atoms with Crippen LogP contribution in [-0.4, -0.2) is 33.7 Å². The molecule has 1 fully saturated rings. The van der Waals surface area contributed by atoms with Crippen LogP contribution in [0.1, 0.15) is 40.0 Å². The Balaban J connectivity index is 2.50. The average Bonchev–Trinajstić information content (AvgIpc) is 2.87. The summed E-state index contributed by atoms with van der Waals surface area (Å²) in [4.78, 5) is 11.3. The monoisotopic (exact) mass is 231 g/mol. The van der Waals surface area contributed by atoms with E-state index in [0.717, 1.165) is 18.6 Å². The molecule has 0 aromatic rings. The maximum Gasteiger partial charge on any atom is 0.323 e. The van der Waals surface area contributed by atoms with Crippen molar-refractivity contribution in [3.8, 4) is 0 Å². The van der Waals surface area contributed by atoms with E-state index in [-0.39, 0.29) is 0 Å². The minimum Gasteiger partial charge on any atom is -0.480 e. The SMILES string of the molecule is CCSC(C)CC(C)(NC1CC1)C(=O)O. The van der Waals surface area contributed by atoms with Crippen molar-refractivity contribution in [2.75, 3.05) is 5.75 Å². The first kappa shape index (κ1) is 12.8. The molecule has 4 heteroatoms. The summed E-state index contributed by atoms with van der Waals surface area (Å²) < 4.78 is 0. The Labute approximate surface area is 96.0 Å². The molecule has 15 heavy (non-hydrogen) atoms. The first-order chi connectivity index (χ1) is 6.98. The maximum absolute atomic E-state index is 11.3. The number of thioether (sulfide) groups is 1. The van der Waals surface area contributed by atoms with Crippen LogP contribution in [-0.2, 0) is 4.79 Å². The summed E-state index contributed by atoms with van der Waals surface area (Å²) in [7, 11) is 0. The minimum absolute atomic E-state index is 0.391. The molecular weight excluding hydrogens is 210 g/mol. The van der Waals surface area contributed by atoms with Gasteiger partial charge < -0.3 is 5.11 Å². The highest BCUT2D eigenvalue weighted by Crippen LogP contribution is 2.27. The number of nitrogens with one attached hydrogen (secondary N) is 1. The Morgan fingerprint density at radius 1 is 1.67 bits per heavy atom. The summed E-state index contributed by atoms with van der Waals surface area (Å²) in [5.41, 5.74) is -0.747. The lowest BCUT2D eigenvalue weighted by Crippen LogP contribution is -2.52. The fourth-order valence-corrected chi connectivity index (χ4v) is 2.82. The molecule has 0 heterocycles. The summed E-state index contributed by atoms with van der Waals surface area (Å²) in [5, 5.41) is 12.9. The standard InChI is InChI=1S/C11H21NO2S/c1-4-15-8(2)7-11(3,10(13)14)12-9-5-6-9/h8-9,12H,4-7H2,1-3H3,(H,13,14). The molecule has 1 aliphatic rings. The van der Waals surface area contributed by atoms with Gasteiger partial charge in [0.15, 0.2) is 0 Å². The summed E-state index contributed by atoms with van der Waals surface area (Å²) in [6, 6.07) is 0.435. The van der Waals surface area contributed by atoms with Crippen LogP contribution >= 0.6 is 11.8 Å². The Morgan fingerprint density at radius 3 is 2.67 bits per heavy atom. The Kier molecular flexibility index (Phi) is 4.46. The average molecular weight is 231 g/mol. The molecule has 0 amide bonds. The summed E-state index contributed by atoms with van der Waals surface area (Å²) in [6.45, 7) is 6.01. The molecule has 2 N–H and O–H groups in total. The van der Waals surface area contributed by atoms with Gasteiger partial charge in [-0.1, -0.05) is 13.8 Å². The number of carboxylic acid groups (broad SMARTS) is 1. The zero-order chi connectivity index (χ0) is 11.5. The zero-order valence-electron chi connectivity index (χ0n) is 9.75. The molecular formula is C11H21NO2S. The third-order valence-corrected chi connectivity index (χ3v) is 3.79. The van der Waals surface area contributed by atoms with E-state index in [4.69, 9.17) is 0 Å². The quantitative estimate of drug-likeness (QED) is 0.704. The molecule has 2 unspecified atom stereocenters. The van der Waals surface area contributed by atoms with Crippen molar-refractivity contribution in [2.45, 2.75) is 56.9 Å². The van der Waals surface area contributed by atoms with Crippen LogP contribution in [0.2, 0.25) is 0 Å². The third-order valence-electron chi connectivity index (χ3n) is 2.72. The van der Waals surface area contributed by atoms with Gasteiger partial charge in [-0.15, -0.1) is 0 Å². The number of aliphatic carboxylic acids is 1. The number of hydrogen-bond donors (Lipinski definition) is 2. The second kappa shape index (κ2) is 5.21. The molecule has 0 aliphatic heterocycles. The lowest BCUT2D eigenvalue weighted by molar-refractivity contribution is -0.144. The molecule has 1 aliphatic carbocycles. The van der Waals surface area contributed by atoms with E-state index in [1.165, 1.54) is 0 Å². The molecule has 0 aromatic heterocycles. The van der Waals surface area contributed by atoms with Gasteiger partial charge in [-0.2, -0.15) is 11.8 Å². The lowest BCUT2D eigenvalue weighted by Gasteiger charge is -2.29. The Bertz CT molecular complexity index is 231. The third kappa shape index (κ3) is 4.03. The van der Waals surface area contributed by atoms with Crippen LogP contribution in [0.3, 0.4) is 0 Å². The number of rotatable bonds is 7. The first-order valence-electron chi connectivity index (χ1n) is 5.60. The van der Waals surface area contributed by atoms with Gasteiger partial charge in [0.1, 0.15) is 5.54 Å². The van der Waals surface area contributed by atoms with Crippen LogP contribution in [0.15, 0.2) is 0 Å². The largest absolute Gasteiger partial charge is 0.480 e. The lowest BCUT2D eigenvalue weighted by atomic mass is 9.96. The second-order valence-corrected chi connectivity index (χ2v) is 6.24. The van der Waals surface area contributed by atoms with Gasteiger partial charge in [0.05, 0.1) is 0 Å². The predicted octanol–water partition coefficient (Wildman–Crippen LogP) is 2.11. The summed E-state index contributed by atoms with van der Waals surface area (Å²) >= 11 is 1.82. The Morgan fingerprint density at radius 2 is 2.27 bits per heavy atom. The fourth-order valence-electron chi connectivity index (χ4n) is 1.80. The van der Waals surface area contributed by atoms with Crippen molar-refractivity contribution >= 4 is 17.7 Å². The van der Waals surface area contributed by atoms with Crippen molar-refractivity contribution in [1.29, 1.82) is 0 Å². The van der Waals surface area contributed by atoms with Crippen LogP contribution in [0, 0.1) is 0 Å². The van der Waals surface area contributed by atoms with Gasteiger partial charge in [-0.05, 0) is 31.9 Å². The van der Waals surface area contributed by atoms with Gasteiger partial charge in [0.25, 0.3) is 0 Å². The predicted molar refractivity (Wildman–Crippen MR) is 64.4 cm³/mol. The van der Waals surface area contributed by atoms with Crippen molar-refractivity contribution in [3.63, 3.8) is 0 Å². The molecule has 0 aromatic carbocycles. The first-order valence-corrected chi connectivity index (χ1v) is 6.65. The highest BCUT2D eigenvalue weighted by Gasteiger charge is 2.39. The normalized spacial score (nSPS) is 22.1. The van der Waals surface area contributed by atoms with Gasteiger partial charge in [0.2, 0.25) is 0 Å². The summed E-state index contributed by atoms with van der Waals surface area (Å²) in [5.74, 6) is 0.318. The number of carboxylic acids is 1. The van der Waals surface area contributed by atoms with Gasteiger partial charge in [0, 0.05) is 11.3 Å². The minimum atomic E-state index is -0.747. The van der Waals surface area contributed by atoms with E-state index in [0.29, 0.717) is 17.7 Å². The van der Waals surface area contributed by atoms with Gasteiger partial charge in [-0.25, -0.2) is 0 Å². The van der Waals surface area contributed by atoms with E-state index >= 15 is 0 Å². The molecule has 0 spiro atoms. The number of carbonyl (C=O) groups is 1. The molecule has 0 radical (unpaired) electrons. The van der Waals surface area contributed by atoms with Gasteiger partial charge >= 0.3 is 5.97 Å². The van der Waals surface area contributed by atoms with Crippen LogP contribution in [0.4, 0.5) is 0 Å². The molecule has 1 rings (SSSR count). The van der Waals surface area contributed by atoms with Crippen LogP contribution in [0.5, 0.6) is 0 Å².